The molecule has 0 aliphatic carbocycles. The van der Waals surface area contributed by atoms with Crippen LogP contribution in [0.3, 0.4) is 0 Å². The number of hydrogen-bond acceptors (Lipinski definition) is 4. The molecule has 1 aromatic heterocycles. The molecule has 8 heteroatoms. The lowest BCUT2D eigenvalue weighted by molar-refractivity contribution is -0.275. The quantitative estimate of drug-likeness (QED) is 0.907. The van der Waals surface area contributed by atoms with Gasteiger partial charge in [-0.1, -0.05) is 0 Å². The first-order chi connectivity index (χ1) is 7.39. The largest absolute Gasteiger partial charge is 0.573 e. The van der Waals surface area contributed by atoms with Crippen LogP contribution in [-0.2, 0) is 6.54 Å². The predicted octanol–water partition coefficient (Wildman–Crippen LogP) is 2.07. The van der Waals surface area contributed by atoms with Crippen molar-refractivity contribution in [1.82, 2.24) is 4.98 Å². The maximum absolute atomic E-state index is 12.1. The topological polar surface area (TPSA) is 71.9 Å². The first-order valence-electron chi connectivity index (χ1n) is 3.92. The highest BCUT2D eigenvalue weighted by atomic mass is 79.9. The van der Waals surface area contributed by atoms with E-state index in [4.69, 9.17) is 11.0 Å². The summed E-state index contributed by atoms with van der Waals surface area (Å²) in [6, 6.07) is 1.68. The maximum Gasteiger partial charge on any atom is 0.573 e. The minimum atomic E-state index is -4.86. The Morgan fingerprint density at radius 1 is 1.56 bits per heavy atom. The van der Waals surface area contributed by atoms with E-state index in [0.29, 0.717) is 0 Å². The summed E-state index contributed by atoms with van der Waals surface area (Å²) in [5, 5.41) is 8.62. The van der Waals surface area contributed by atoms with E-state index in [9.17, 15) is 13.2 Å². The number of ether oxygens (including phenoxy) is 1. The summed E-state index contributed by atoms with van der Waals surface area (Å²) in [4.78, 5) is 3.61. The molecule has 16 heavy (non-hydrogen) atoms. The molecule has 1 aromatic rings. The van der Waals surface area contributed by atoms with Crippen molar-refractivity contribution in [3.63, 3.8) is 0 Å². The van der Waals surface area contributed by atoms with Gasteiger partial charge >= 0.3 is 6.36 Å². The Balaban J connectivity index is 3.28. The third-order valence-corrected chi connectivity index (χ3v) is 2.37. The van der Waals surface area contributed by atoms with Crippen molar-refractivity contribution in [1.29, 1.82) is 5.26 Å². The van der Waals surface area contributed by atoms with E-state index in [2.05, 4.69) is 25.7 Å². The summed E-state index contributed by atoms with van der Waals surface area (Å²) in [6.07, 6.45) is -3.74. The third-order valence-electron chi connectivity index (χ3n) is 1.58. The molecule has 1 heterocycles. The molecule has 2 N–H and O–H groups in total. The smallest absolute Gasteiger partial charge is 0.403 e. The number of hydrogen-bond donors (Lipinski definition) is 1. The van der Waals surface area contributed by atoms with Gasteiger partial charge in [0.1, 0.15) is 6.07 Å². The van der Waals surface area contributed by atoms with Crippen molar-refractivity contribution in [2.24, 2.45) is 5.73 Å². The van der Waals surface area contributed by atoms with Crippen LogP contribution < -0.4 is 10.5 Å². The summed E-state index contributed by atoms with van der Waals surface area (Å²) in [6.45, 7) is -0.226. The molecule has 0 amide bonds. The van der Waals surface area contributed by atoms with E-state index in [1.54, 1.807) is 6.07 Å². The van der Waals surface area contributed by atoms with Crippen LogP contribution in [0.4, 0.5) is 13.2 Å². The van der Waals surface area contributed by atoms with Gasteiger partial charge in [0.05, 0.1) is 15.7 Å². The SMILES string of the molecule is N#Cc1cnc(CN)c(OC(F)(F)F)c1Br. The van der Waals surface area contributed by atoms with E-state index in [1.807, 2.05) is 0 Å². The van der Waals surface area contributed by atoms with Crippen LogP contribution in [0, 0.1) is 11.3 Å². The lowest BCUT2D eigenvalue weighted by atomic mass is 10.2. The summed E-state index contributed by atoms with van der Waals surface area (Å²) < 4.78 is 39.9. The van der Waals surface area contributed by atoms with Gasteiger partial charge < -0.3 is 10.5 Å². The van der Waals surface area contributed by atoms with Crippen molar-refractivity contribution in [2.45, 2.75) is 12.9 Å². The molecule has 86 valence electrons. The van der Waals surface area contributed by atoms with E-state index in [0.717, 1.165) is 6.20 Å². The van der Waals surface area contributed by atoms with Crippen LogP contribution in [0.5, 0.6) is 5.75 Å². The summed E-state index contributed by atoms with van der Waals surface area (Å²) >= 11 is 2.84. The standard InChI is InChI=1S/C8H5BrF3N3O/c9-6-4(1-13)3-15-5(2-14)7(6)16-8(10,11)12/h3H,2,14H2. The lowest BCUT2D eigenvalue weighted by Crippen LogP contribution is -2.20. The fourth-order valence-corrected chi connectivity index (χ4v) is 1.45. The molecule has 0 bridgehead atoms. The molecular formula is C8H5BrF3N3O. The molecule has 0 saturated carbocycles. The average Bonchev–Trinajstić information content (AvgIpc) is 2.19. The normalized spacial score (nSPS) is 11.0. The Labute approximate surface area is 97.0 Å². The number of nitriles is 1. The molecule has 0 saturated heterocycles. The van der Waals surface area contributed by atoms with Gasteiger partial charge in [-0.25, -0.2) is 0 Å². The molecule has 0 unspecified atom stereocenters. The Morgan fingerprint density at radius 3 is 2.62 bits per heavy atom. The number of nitrogens with zero attached hydrogens (tertiary/aromatic N) is 2. The molecule has 4 nitrogen and oxygen atoms in total. The number of aromatic nitrogens is 1. The van der Waals surface area contributed by atoms with Gasteiger partial charge in [-0.05, 0) is 15.9 Å². The molecule has 1 rings (SSSR count). The van der Waals surface area contributed by atoms with Crippen LogP contribution in [0.15, 0.2) is 10.7 Å². The molecule has 0 aromatic carbocycles. The molecule has 0 atom stereocenters. The van der Waals surface area contributed by atoms with Gasteiger partial charge in [-0.3, -0.25) is 4.98 Å². The van der Waals surface area contributed by atoms with E-state index in [-0.39, 0.29) is 22.3 Å². The molecule has 0 aliphatic heterocycles. The Bertz CT molecular complexity index is 441. The highest BCUT2D eigenvalue weighted by Gasteiger charge is 2.33. The Morgan fingerprint density at radius 2 is 2.19 bits per heavy atom. The van der Waals surface area contributed by atoms with Crippen molar-refractivity contribution in [3.05, 3.63) is 21.9 Å². The second-order valence-electron chi connectivity index (χ2n) is 2.63. The Kier molecular flexibility index (Phi) is 3.72. The van der Waals surface area contributed by atoms with Crippen molar-refractivity contribution < 1.29 is 17.9 Å². The second-order valence-corrected chi connectivity index (χ2v) is 3.42. The predicted molar refractivity (Wildman–Crippen MR) is 51.2 cm³/mol. The summed E-state index contributed by atoms with van der Waals surface area (Å²) in [7, 11) is 0. The third kappa shape index (κ3) is 2.84. The van der Waals surface area contributed by atoms with E-state index in [1.165, 1.54) is 0 Å². The number of alkyl halides is 3. The zero-order valence-electron chi connectivity index (χ0n) is 7.68. The highest BCUT2D eigenvalue weighted by Crippen LogP contribution is 2.34. The van der Waals surface area contributed by atoms with E-state index < -0.39 is 12.1 Å². The molecule has 0 fully saturated rings. The first kappa shape index (κ1) is 12.7. The number of nitrogens with two attached hydrogens (primary N) is 1. The van der Waals surface area contributed by atoms with Gasteiger partial charge in [0.25, 0.3) is 0 Å². The minimum absolute atomic E-state index is 0.0588. The number of rotatable bonds is 2. The van der Waals surface area contributed by atoms with Crippen molar-refractivity contribution in [3.8, 4) is 11.8 Å². The first-order valence-corrected chi connectivity index (χ1v) is 4.71. The van der Waals surface area contributed by atoms with Crippen LogP contribution in [0.2, 0.25) is 0 Å². The maximum atomic E-state index is 12.1. The van der Waals surface area contributed by atoms with E-state index >= 15 is 0 Å². The molecule has 0 spiro atoms. The monoisotopic (exact) mass is 295 g/mol. The minimum Gasteiger partial charge on any atom is -0.403 e. The van der Waals surface area contributed by atoms with Crippen LogP contribution in [0.25, 0.3) is 0 Å². The summed E-state index contributed by atoms with van der Waals surface area (Å²) in [5.74, 6) is -0.575. The zero-order valence-corrected chi connectivity index (χ0v) is 9.26. The second kappa shape index (κ2) is 4.67. The van der Waals surface area contributed by atoms with Gasteiger partial charge in [0.2, 0.25) is 0 Å². The fraction of sp³-hybridized carbons (Fsp3) is 0.250. The lowest BCUT2D eigenvalue weighted by Gasteiger charge is -2.13. The van der Waals surface area contributed by atoms with Gasteiger partial charge in [-0.15, -0.1) is 13.2 Å². The number of pyridine rings is 1. The van der Waals surface area contributed by atoms with Crippen LogP contribution in [-0.4, -0.2) is 11.3 Å². The van der Waals surface area contributed by atoms with Gasteiger partial charge in [-0.2, -0.15) is 5.26 Å². The molecule has 0 radical (unpaired) electrons. The zero-order chi connectivity index (χ0) is 12.3. The fourth-order valence-electron chi connectivity index (χ4n) is 0.950. The molecular weight excluding hydrogens is 291 g/mol. The van der Waals surface area contributed by atoms with Gasteiger partial charge in [0.15, 0.2) is 5.75 Å². The Hall–Kier alpha value is -1.33. The molecule has 0 aliphatic rings. The van der Waals surface area contributed by atoms with Crippen LogP contribution in [0.1, 0.15) is 11.3 Å². The summed E-state index contributed by atoms with van der Waals surface area (Å²) in [5.41, 5.74) is 5.08. The van der Waals surface area contributed by atoms with Crippen molar-refractivity contribution in [2.75, 3.05) is 0 Å². The highest BCUT2D eigenvalue weighted by molar-refractivity contribution is 9.10. The number of halogens is 4. The van der Waals surface area contributed by atoms with Gasteiger partial charge in [0, 0.05) is 12.7 Å². The average molecular weight is 296 g/mol. The van der Waals surface area contributed by atoms with Crippen LogP contribution >= 0.6 is 15.9 Å². The van der Waals surface area contributed by atoms with Crippen molar-refractivity contribution >= 4 is 15.9 Å².